The molecule has 0 saturated carbocycles. The Morgan fingerprint density at radius 2 is 1.95 bits per heavy atom. The Morgan fingerprint density at radius 3 is 2.42 bits per heavy atom. The molecule has 0 fully saturated rings. The Hall–Kier alpha value is -1.18. The molecule has 1 aliphatic rings. The van der Waals surface area contributed by atoms with Crippen LogP contribution in [-0.2, 0) is 0 Å². The van der Waals surface area contributed by atoms with Gasteiger partial charge in [0.1, 0.15) is 0 Å². The minimum absolute atomic E-state index is 0.0383. The molecule has 19 heavy (non-hydrogen) atoms. The Labute approximate surface area is 118 Å². The number of aliphatic imine (C=N–C) groups is 2. The zero-order valence-corrected chi connectivity index (χ0v) is 13.5. The van der Waals surface area contributed by atoms with Crippen molar-refractivity contribution in [3.63, 3.8) is 0 Å². The van der Waals surface area contributed by atoms with Crippen LogP contribution in [0.25, 0.3) is 0 Å². The van der Waals surface area contributed by atoms with Crippen molar-refractivity contribution in [2.45, 2.75) is 66.8 Å². The minimum atomic E-state index is -0.0383. The zero-order chi connectivity index (χ0) is 14.6. The van der Waals surface area contributed by atoms with Crippen LogP contribution in [0.4, 0.5) is 0 Å². The summed E-state index contributed by atoms with van der Waals surface area (Å²) in [4.78, 5) is 9.66. The lowest BCUT2D eigenvalue weighted by atomic mass is 9.90. The van der Waals surface area contributed by atoms with Crippen molar-refractivity contribution in [3.05, 3.63) is 23.4 Å². The second-order valence-corrected chi connectivity index (χ2v) is 6.30. The van der Waals surface area contributed by atoms with Gasteiger partial charge in [0.25, 0.3) is 0 Å². The largest absolute Gasteiger partial charge is 0.282 e. The Bertz CT molecular complexity index is 442. The molecule has 0 radical (unpaired) electrons. The molecular weight excluding hydrogens is 232 g/mol. The summed E-state index contributed by atoms with van der Waals surface area (Å²) in [6.45, 7) is 15.0. The van der Waals surface area contributed by atoms with Crippen molar-refractivity contribution in [2.75, 3.05) is 0 Å². The molecule has 1 heterocycles. The van der Waals surface area contributed by atoms with E-state index in [1.54, 1.807) is 0 Å². The zero-order valence-electron chi connectivity index (χ0n) is 13.5. The highest BCUT2D eigenvalue weighted by atomic mass is 14.9. The second-order valence-electron chi connectivity index (χ2n) is 6.30. The smallest absolute Gasteiger partial charge is 0.0622 e. The third-order valence-electron chi connectivity index (χ3n) is 3.45. The van der Waals surface area contributed by atoms with Gasteiger partial charge in [-0.2, -0.15) is 0 Å². The van der Waals surface area contributed by atoms with E-state index in [1.807, 2.05) is 6.92 Å². The van der Waals surface area contributed by atoms with E-state index in [9.17, 15) is 0 Å². The summed E-state index contributed by atoms with van der Waals surface area (Å²) in [5, 5.41) is 0. The minimum Gasteiger partial charge on any atom is -0.282 e. The first-order valence-corrected chi connectivity index (χ1v) is 7.26. The Morgan fingerprint density at radius 1 is 1.32 bits per heavy atom. The van der Waals surface area contributed by atoms with Gasteiger partial charge < -0.3 is 0 Å². The summed E-state index contributed by atoms with van der Waals surface area (Å²) in [5.74, 6) is 0.550. The predicted molar refractivity (Wildman–Crippen MR) is 86.2 cm³/mol. The maximum Gasteiger partial charge on any atom is 0.0622 e. The standard InChI is InChI=1S/C17H28N2/c1-8-10-15-12(3)14(9-2)11-16(13(4)18-15)19-17(5,6)7/h8,10,14H,9,11H2,1-7H3/b10-8-,19-16?. The molecule has 0 aromatic rings. The molecule has 2 heteroatoms. The van der Waals surface area contributed by atoms with Crippen LogP contribution in [0.2, 0.25) is 0 Å². The number of nitrogens with zero attached hydrogens (tertiary/aromatic N) is 2. The monoisotopic (exact) mass is 260 g/mol. The lowest BCUT2D eigenvalue weighted by molar-refractivity contribution is 0.571. The molecule has 1 unspecified atom stereocenters. The van der Waals surface area contributed by atoms with Crippen LogP contribution < -0.4 is 0 Å². The van der Waals surface area contributed by atoms with Gasteiger partial charge in [0.05, 0.1) is 22.7 Å². The third kappa shape index (κ3) is 4.45. The van der Waals surface area contributed by atoms with Crippen LogP contribution >= 0.6 is 0 Å². The SMILES string of the molecule is C/C=C\C1=C(C)C(CC)CC(=NC(C)(C)C)C(C)=N1. The van der Waals surface area contributed by atoms with Crippen LogP contribution in [0.5, 0.6) is 0 Å². The molecule has 2 nitrogen and oxygen atoms in total. The van der Waals surface area contributed by atoms with Gasteiger partial charge in [0.2, 0.25) is 0 Å². The fourth-order valence-electron chi connectivity index (χ4n) is 2.39. The van der Waals surface area contributed by atoms with E-state index >= 15 is 0 Å². The predicted octanol–water partition coefficient (Wildman–Crippen LogP) is 4.97. The van der Waals surface area contributed by atoms with Gasteiger partial charge in [-0.25, -0.2) is 0 Å². The van der Waals surface area contributed by atoms with Gasteiger partial charge in [-0.3, -0.25) is 9.98 Å². The van der Waals surface area contributed by atoms with E-state index in [0.717, 1.165) is 24.3 Å². The summed E-state index contributed by atoms with van der Waals surface area (Å²) in [6.07, 6.45) is 6.32. The maximum absolute atomic E-state index is 4.87. The van der Waals surface area contributed by atoms with Crippen molar-refractivity contribution >= 4 is 11.4 Å². The molecule has 0 aromatic heterocycles. The number of rotatable bonds is 2. The molecule has 0 aromatic carbocycles. The molecule has 106 valence electrons. The Kier molecular flexibility index (Phi) is 5.28. The fraction of sp³-hybridized carbons (Fsp3) is 0.647. The van der Waals surface area contributed by atoms with Crippen molar-refractivity contribution in [3.8, 4) is 0 Å². The molecule has 1 atom stereocenters. The van der Waals surface area contributed by atoms with Crippen LogP contribution in [0.1, 0.15) is 61.3 Å². The van der Waals surface area contributed by atoms with E-state index in [0.29, 0.717) is 5.92 Å². The van der Waals surface area contributed by atoms with E-state index in [1.165, 1.54) is 11.3 Å². The summed E-state index contributed by atoms with van der Waals surface area (Å²) in [5.41, 5.74) is 4.70. The first-order valence-electron chi connectivity index (χ1n) is 7.26. The average Bonchev–Trinajstić information content (AvgIpc) is 2.40. The van der Waals surface area contributed by atoms with Crippen molar-refractivity contribution < 1.29 is 0 Å². The highest BCUT2D eigenvalue weighted by Crippen LogP contribution is 2.28. The number of allylic oxidation sites excluding steroid dienone is 3. The maximum atomic E-state index is 4.87. The number of hydrogen-bond acceptors (Lipinski definition) is 2. The molecule has 0 saturated heterocycles. The van der Waals surface area contributed by atoms with Gasteiger partial charge in [0, 0.05) is 0 Å². The summed E-state index contributed by atoms with van der Waals surface area (Å²) in [6, 6.07) is 0. The third-order valence-corrected chi connectivity index (χ3v) is 3.45. The average molecular weight is 260 g/mol. The van der Waals surface area contributed by atoms with E-state index in [4.69, 9.17) is 9.98 Å². The van der Waals surface area contributed by atoms with E-state index in [-0.39, 0.29) is 5.54 Å². The normalized spacial score (nSPS) is 24.1. The van der Waals surface area contributed by atoms with Gasteiger partial charge in [0.15, 0.2) is 0 Å². The van der Waals surface area contributed by atoms with Gasteiger partial charge >= 0.3 is 0 Å². The first-order chi connectivity index (χ1) is 8.78. The van der Waals surface area contributed by atoms with Crippen molar-refractivity contribution in [2.24, 2.45) is 15.9 Å². The molecule has 1 aliphatic heterocycles. The number of hydrogen-bond donors (Lipinski definition) is 0. The first kappa shape index (κ1) is 15.9. The lowest BCUT2D eigenvalue weighted by Gasteiger charge is -2.19. The fourth-order valence-corrected chi connectivity index (χ4v) is 2.39. The summed E-state index contributed by atoms with van der Waals surface area (Å²) in [7, 11) is 0. The van der Waals surface area contributed by atoms with Crippen LogP contribution in [0.3, 0.4) is 0 Å². The molecule has 0 aliphatic carbocycles. The van der Waals surface area contributed by atoms with E-state index < -0.39 is 0 Å². The lowest BCUT2D eigenvalue weighted by Crippen LogP contribution is -2.21. The molecule has 0 amide bonds. The van der Waals surface area contributed by atoms with Crippen LogP contribution in [0.15, 0.2) is 33.4 Å². The topological polar surface area (TPSA) is 24.7 Å². The van der Waals surface area contributed by atoms with Crippen molar-refractivity contribution in [1.82, 2.24) is 0 Å². The van der Waals surface area contributed by atoms with Crippen LogP contribution in [-0.4, -0.2) is 17.0 Å². The highest BCUT2D eigenvalue weighted by Gasteiger charge is 2.22. The molecule has 1 rings (SSSR count). The van der Waals surface area contributed by atoms with Crippen molar-refractivity contribution in [1.29, 1.82) is 0 Å². The quantitative estimate of drug-likeness (QED) is 0.670. The molecule has 0 spiro atoms. The highest BCUT2D eigenvalue weighted by molar-refractivity contribution is 6.42. The van der Waals surface area contributed by atoms with Crippen LogP contribution in [0, 0.1) is 5.92 Å². The molecule has 0 bridgehead atoms. The summed E-state index contributed by atoms with van der Waals surface area (Å²) < 4.78 is 0. The second kappa shape index (κ2) is 6.31. The summed E-state index contributed by atoms with van der Waals surface area (Å²) >= 11 is 0. The Balaban J connectivity index is 3.27. The molecule has 0 N–H and O–H groups in total. The van der Waals surface area contributed by atoms with E-state index in [2.05, 4.69) is 53.7 Å². The van der Waals surface area contributed by atoms with Gasteiger partial charge in [-0.05, 0) is 72.0 Å². The molecular formula is C17H28N2. The van der Waals surface area contributed by atoms with Gasteiger partial charge in [-0.1, -0.05) is 13.0 Å². The van der Waals surface area contributed by atoms with Gasteiger partial charge in [-0.15, -0.1) is 0 Å².